The Morgan fingerprint density at radius 2 is 2.20 bits per heavy atom. The van der Waals surface area contributed by atoms with E-state index in [-0.39, 0.29) is 19.4 Å². The number of alkyl halides is 2. The maximum Gasteiger partial charge on any atom is 0.250 e. The van der Waals surface area contributed by atoms with E-state index in [1.165, 1.54) is 0 Å². The van der Waals surface area contributed by atoms with Crippen LogP contribution in [0.15, 0.2) is 12.4 Å². The number of aryl methyl sites for hydroxylation is 1. The molecule has 0 spiro atoms. The zero-order valence-corrected chi connectivity index (χ0v) is 8.71. The van der Waals surface area contributed by atoms with Crippen molar-refractivity contribution in [3.05, 3.63) is 18.0 Å². The van der Waals surface area contributed by atoms with Gasteiger partial charge in [0.15, 0.2) is 0 Å². The second kappa shape index (κ2) is 3.27. The molecule has 3 nitrogen and oxygen atoms in total. The highest BCUT2D eigenvalue weighted by molar-refractivity contribution is 5.27. The van der Waals surface area contributed by atoms with Crippen LogP contribution >= 0.6 is 0 Å². The first-order valence-electron chi connectivity index (χ1n) is 5.12. The van der Waals surface area contributed by atoms with Crippen LogP contribution in [0.2, 0.25) is 0 Å². The van der Waals surface area contributed by atoms with Crippen LogP contribution in [0.25, 0.3) is 0 Å². The number of nitrogens with two attached hydrogens (primary N) is 1. The third-order valence-electron chi connectivity index (χ3n) is 3.15. The fourth-order valence-corrected chi connectivity index (χ4v) is 2.22. The average molecular weight is 215 g/mol. The van der Waals surface area contributed by atoms with Crippen LogP contribution in [-0.4, -0.2) is 22.2 Å². The Bertz CT molecular complexity index is 351. The van der Waals surface area contributed by atoms with Gasteiger partial charge in [0.05, 0.1) is 6.20 Å². The average Bonchev–Trinajstić information content (AvgIpc) is 2.61. The van der Waals surface area contributed by atoms with Crippen molar-refractivity contribution >= 4 is 0 Å². The summed E-state index contributed by atoms with van der Waals surface area (Å²) in [5.74, 6) is -2.55. The largest absolute Gasteiger partial charge is 0.330 e. The first kappa shape index (κ1) is 10.5. The fraction of sp³-hybridized carbons (Fsp3) is 0.700. The van der Waals surface area contributed by atoms with Crippen LogP contribution in [0.3, 0.4) is 0 Å². The van der Waals surface area contributed by atoms with Gasteiger partial charge in [0, 0.05) is 37.5 Å². The highest BCUT2D eigenvalue weighted by Gasteiger charge is 2.56. The lowest BCUT2D eigenvalue weighted by atomic mass is 9.63. The summed E-state index contributed by atoms with van der Waals surface area (Å²) in [4.78, 5) is 0. The monoisotopic (exact) mass is 215 g/mol. The number of hydrogen-bond donors (Lipinski definition) is 1. The molecule has 1 heterocycles. The maximum atomic E-state index is 12.9. The van der Waals surface area contributed by atoms with Gasteiger partial charge in [-0.15, -0.1) is 0 Å². The van der Waals surface area contributed by atoms with Crippen molar-refractivity contribution in [3.63, 3.8) is 0 Å². The lowest BCUT2D eigenvalue weighted by Gasteiger charge is -2.46. The smallest absolute Gasteiger partial charge is 0.250 e. The molecule has 1 aromatic rings. The molecule has 0 bridgehead atoms. The molecule has 0 amide bonds. The summed E-state index contributed by atoms with van der Waals surface area (Å²) >= 11 is 0. The Kier molecular flexibility index (Phi) is 2.30. The normalized spacial score (nSPS) is 22.4. The molecule has 0 aromatic carbocycles. The predicted octanol–water partition coefficient (Wildman–Crippen LogP) is 1.53. The molecule has 2 rings (SSSR count). The summed E-state index contributed by atoms with van der Waals surface area (Å²) in [6, 6.07) is 0. The standard InChI is InChI=1S/C10H15F2N3/c1-2-15-4-8(3-14-15)9(7-13)5-10(11,12)6-9/h3-4H,2,5-7,13H2,1H3. The zero-order chi connectivity index (χ0) is 11.1. The van der Waals surface area contributed by atoms with Gasteiger partial charge in [0.2, 0.25) is 5.92 Å². The van der Waals surface area contributed by atoms with Crippen LogP contribution in [-0.2, 0) is 12.0 Å². The number of hydrogen-bond acceptors (Lipinski definition) is 2. The van der Waals surface area contributed by atoms with Gasteiger partial charge < -0.3 is 5.73 Å². The van der Waals surface area contributed by atoms with E-state index in [2.05, 4.69) is 5.10 Å². The van der Waals surface area contributed by atoms with Crippen molar-refractivity contribution in [2.24, 2.45) is 5.73 Å². The number of rotatable bonds is 3. The summed E-state index contributed by atoms with van der Waals surface area (Å²) in [5.41, 5.74) is 5.90. The molecule has 84 valence electrons. The van der Waals surface area contributed by atoms with Crippen molar-refractivity contribution in [2.45, 2.75) is 37.6 Å². The minimum Gasteiger partial charge on any atom is -0.330 e. The summed E-state index contributed by atoms with van der Waals surface area (Å²) in [6.07, 6.45) is 3.19. The Balaban J connectivity index is 2.21. The molecule has 0 saturated heterocycles. The minimum absolute atomic E-state index is 0.147. The lowest BCUT2D eigenvalue weighted by molar-refractivity contribution is -0.123. The summed E-state index contributed by atoms with van der Waals surface area (Å²) in [6.45, 7) is 2.97. The molecule has 1 aliphatic rings. The lowest BCUT2D eigenvalue weighted by Crippen LogP contribution is -2.53. The van der Waals surface area contributed by atoms with Crippen LogP contribution in [0.4, 0.5) is 8.78 Å². The number of halogens is 2. The quantitative estimate of drug-likeness (QED) is 0.831. The Labute approximate surface area is 87.3 Å². The van der Waals surface area contributed by atoms with Gasteiger partial charge in [0.1, 0.15) is 0 Å². The fourth-order valence-electron chi connectivity index (χ4n) is 2.22. The van der Waals surface area contributed by atoms with Crippen LogP contribution in [0.5, 0.6) is 0 Å². The molecule has 0 unspecified atom stereocenters. The van der Waals surface area contributed by atoms with Gasteiger partial charge in [-0.3, -0.25) is 4.68 Å². The SMILES string of the molecule is CCn1cc(C2(CN)CC(F)(F)C2)cn1. The van der Waals surface area contributed by atoms with Crippen LogP contribution in [0.1, 0.15) is 25.3 Å². The van der Waals surface area contributed by atoms with Crippen molar-refractivity contribution in [1.29, 1.82) is 0 Å². The van der Waals surface area contributed by atoms with Crippen LogP contribution < -0.4 is 5.73 Å². The second-order valence-corrected chi connectivity index (χ2v) is 4.28. The Hall–Kier alpha value is -0.970. The van der Waals surface area contributed by atoms with Crippen molar-refractivity contribution in [3.8, 4) is 0 Å². The van der Waals surface area contributed by atoms with Gasteiger partial charge >= 0.3 is 0 Å². The molecule has 1 saturated carbocycles. The van der Waals surface area contributed by atoms with Gasteiger partial charge in [0.25, 0.3) is 0 Å². The van der Waals surface area contributed by atoms with E-state index in [9.17, 15) is 8.78 Å². The van der Waals surface area contributed by atoms with Gasteiger partial charge in [-0.1, -0.05) is 0 Å². The van der Waals surface area contributed by atoms with E-state index in [4.69, 9.17) is 5.73 Å². The molecule has 1 aliphatic carbocycles. The summed E-state index contributed by atoms with van der Waals surface area (Å²) < 4.78 is 27.6. The summed E-state index contributed by atoms with van der Waals surface area (Å²) in [5, 5.41) is 4.09. The highest BCUT2D eigenvalue weighted by Crippen LogP contribution is 2.52. The molecule has 0 aliphatic heterocycles. The molecule has 1 aromatic heterocycles. The van der Waals surface area contributed by atoms with E-state index in [1.54, 1.807) is 10.9 Å². The summed E-state index contributed by atoms with van der Waals surface area (Å²) in [7, 11) is 0. The van der Waals surface area contributed by atoms with E-state index >= 15 is 0 Å². The number of aromatic nitrogens is 2. The molecular weight excluding hydrogens is 200 g/mol. The molecule has 2 N–H and O–H groups in total. The van der Waals surface area contributed by atoms with Gasteiger partial charge in [-0.2, -0.15) is 5.10 Å². The molecule has 0 atom stereocenters. The third kappa shape index (κ3) is 1.65. The highest BCUT2D eigenvalue weighted by atomic mass is 19.3. The first-order valence-corrected chi connectivity index (χ1v) is 5.12. The predicted molar refractivity (Wildman–Crippen MR) is 52.8 cm³/mol. The third-order valence-corrected chi connectivity index (χ3v) is 3.15. The van der Waals surface area contributed by atoms with E-state index in [0.717, 1.165) is 12.1 Å². The molecular formula is C10H15F2N3. The first-order chi connectivity index (χ1) is 7.01. The topological polar surface area (TPSA) is 43.8 Å². The molecule has 0 radical (unpaired) electrons. The molecule has 1 fully saturated rings. The minimum atomic E-state index is -2.55. The van der Waals surface area contributed by atoms with Gasteiger partial charge in [-0.05, 0) is 12.5 Å². The zero-order valence-electron chi connectivity index (χ0n) is 8.71. The van der Waals surface area contributed by atoms with E-state index < -0.39 is 11.3 Å². The van der Waals surface area contributed by atoms with Crippen LogP contribution in [0, 0.1) is 0 Å². The molecule has 5 heteroatoms. The Morgan fingerprint density at radius 1 is 1.53 bits per heavy atom. The van der Waals surface area contributed by atoms with E-state index in [0.29, 0.717) is 0 Å². The molecule has 15 heavy (non-hydrogen) atoms. The van der Waals surface area contributed by atoms with Crippen molar-refractivity contribution < 1.29 is 8.78 Å². The van der Waals surface area contributed by atoms with Crippen molar-refractivity contribution in [1.82, 2.24) is 9.78 Å². The maximum absolute atomic E-state index is 12.9. The van der Waals surface area contributed by atoms with Crippen molar-refractivity contribution in [2.75, 3.05) is 6.54 Å². The Morgan fingerprint density at radius 3 is 2.60 bits per heavy atom. The second-order valence-electron chi connectivity index (χ2n) is 4.28. The van der Waals surface area contributed by atoms with E-state index in [1.807, 2.05) is 13.1 Å². The van der Waals surface area contributed by atoms with Gasteiger partial charge in [-0.25, -0.2) is 8.78 Å². The number of nitrogens with zero attached hydrogens (tertiary/aromatic N) is 2.